The van der Waals surface area contributed by atoms with Crippen LogP contribution in [-0.2, 0) is 13.0 Å². The van der Waals surface area contributed by atoms with E-state index in [-0.39, 0.29) is 5.78 Å². The van der Waals surface area contributed by atoms with Crippen LogP contribution in [0, 0.1) is 6.92 Å². The van der Waals surface area contributed by atoms with E-state index < -0.39 is 0 Å². The van der Waals surface area contributed by atoms with Gasteiger partial charge in [-0.05, 0) is 30.9 Å². The standard InChI is InChI=1S/C11H14N2O/c1-7-8(5-12)6-13-9-3-2-4-10(14)11(7)9/h6H,2-5,12H2,1H3. The van der Waals surface area contributed by atoms with Gasteiger partial charge < -0.3 is 5.73 Å². The molecule has 0 radical (unpaired) electrons. The molecule has 1 aromatic heterocycles. The molecule has 2 N–H and O–H groups in total. The topological polar surface area (TPSA) is 56.0 Å². The highest BCUT2D eigenvalue weighted by Crippen LogP contribution is 2.24. The van der Waals surface area contributed by atoms with Crippen LogP contribution >= 0.6 is 0 Å². The minimum atomic E-state index is 0.228. The molecule has 1 aliphatic carbocycles. The lowest BCUT2D eigenvalue weighted by molar-refractivity contribution is 0.0970. The minimum Gasteiger partial charge on any atom is -0.326 e. The van der Waals surface area contributed by atoms with Crippen LogP contribution in [0.5, 0.6) is 0 Å². The van der Waals surface area contributed by atoms with Gasteiger partial charge in [-0.25, -0.2) is 0 Å². The van der Waals surface area contributed by atoms with Crippen molar-refractivity contribution in [2.45, 2.75) is 32.7 Å². The average molecular weight is 190 g/mol. The summed E-state index contributed by atoms with van der Waals surface area (Å²) in [6, 6.07) is 0. The quantitative estimate of drug-likeness (QED) is 0.727. The molecular weight excluding hydrogens is 176 g/mol. The molecule has 3 heteroatoms. The van der Waals surface area contributed by atoms with Crippen LogP contribution in [0.25, 0.3) is 0 Å². The number of nitrogens with zero attached hydrogens (tertiary/aromatic N) is 1. The van der Waals surface area contributed by atoms with E-state index in [9.17, 15) is 4.79 Å². The van der Waals surface area contributed by atoms with E-state index in [0.29, 0.717) is 13.0 Å². The second-order valence-corrected chi connectivity index (χ2v) is 3.71. The van der Waals surface area contributed by atoms with Gasteiger partial charge in [-0.3, -0.25) is 9.78 Å². The molecule has 1 aromatic rings. The second kappa shape index (κ2) is 3.50. The lowest BCUT2D eigenvalue weighted by Crippen LogP contribution is -2.16. The monoisotopic (exact) mass is 190 g/mol. The van der Waals surface area contributed by atoms with E-state index in [1.165, 1.54) is 0 Å². The zero-order valence-electron chi connectivity index (χ0n) is 8.34. The molecule has 0 fully saturated rings. The van der Waals surface area contributed by atoms with Crippen molar-refractivity contribution in [1.82, 2.24) is 4.98 Å². The summed E-state index contributed by atoms with van der Waals surface area (Å²) in [4.78, 5) is 16.0. The van der Waals surface area contributed by atoms with Crippen LogP contribution in [0.2, 0.25) is 0 Å². The number of rotatable bonds is 1. The van der Waals surface area contributed by atoms with Crippen LogP contribution in [-0.4, -0.2) is 10.8 Å². The zero-order chi connectivity index (χ0) is 10.1. The summed E-state index contributed by atoms with van der Waals surface area (Å²) in [5.41, 5.74) is 9.38. The lowest BCUT2D eigenvalue weighted by Gasteiger charge is -2.17. The Kier molecular flexibility index (Phi) is 2.33. The van der Waals surface area contributed by atoms with E-state index in [2.05, 4.69) is 4.98 Å². The summed E-state index contributed by atoms with van der Waals surface area (Å²) in [5, 5.41) is 0. The molecule has 0 saturated carbocycles. The molecule has 0 aromatic carbocycles. The van der Waals surface area contributed by atoms with E-state index in [1.54, 1.807) is 6.20 Å². The maximum absolute atomic E-state index is 11.7. The van der Waals surface area contributed by atoms with Gasteiger partial charge in [0, 0.05) is 24.7 Å². The molecule has 1 aliphatic rings. The van der Waals surface area contributed by atoms with Crippen LogP contribution in [0.1, 0.15) is 40.0 Å². The van der Waals surface area contributed by atoms with Gasteiger partial charge in [0.25, 0.3) is 0 Å². The van der Waals surface area contributed by atoms with Crippen molar-refractivity contribution in [3.63, 3.8) is 0 Å². The van der Waals surface area contributed by atoms with Gasteiger partial charge in [0.05, 0.1) is 5.69 Å². The highest BCUT2D eigenvalue weighted by molar-refractivity contribution is 5.99. The number of pyridine rings is 1. The van der Waals surface area contributed by atoms with Gasteiger partial charge in [-0.2, -0.15) is 0 Å². The van der Waals surface area contributed by atoms with Crippen molar-refractivity contribution in [3.8, 4) is 0 Å². The number of aromatic nitrogens is 1. The third kappa shape index (κ3) is 1.34. The van der Waals surface area contributed by atoms with E-state index in [0.717, 1.165) is 35.2 Å². The largest absolute Gasteiger partial charge is 0.326 e. The Morgan fingerprint density at radius 2 is 2.29 bits per heavy atom. The summed E-state index contributed by atoms with van der Waals surface area (Å²) in [6.45, 7) is 2.42. The highest BCUT2D eigenvalue weighted by Gasteiger charge is 2.21. The van der Waals surface area contributed by atoms with Crippen LogP contribution in [0.4, 0.5) is 0 Å². The molecule has 0 saturated heterocycles. The van der Waals surface area contributed by atoms with Gasteiger partial charge in [0.1, 0.15) is 0 Å². The van der Waals surface area contributed by atoms with Crippen molar-refractivity contribution in [1.29, 1.82) is 0 Å². The van der Waals surface area contributed by atoms with E-state index >= 15 is 0 Å². The fourth-order valence-corrected chi connectivity index (χ4v) is 2.00. The van der Waals surface area contributed by atoms with Crippen LogP contribution in [0.15, 0.2) is 6.20 Å². The molecule has 0 amide bonds. The number of Topliss-reactive ketones (excluding diaryl/α,β-unsaturated/α-hetero) is 1. The van der Waals surface area contributed by atoms with Gasteiger partial charge in [0.15, 0.2) is 5.78 Å². The highest BCUT2D eigenvalue weighted by atomic mass is 16.1. The smallest absolute Gasteiger partial charge is 0.164 e. The molecule has 0 bridgehead atoms. The molecule has 3 nitrogen and oxygen atoms in total. The Hall–Kier alpha value is -1.22. The third-order valence-corrected chi connectivity index (χ3v) is 2.84. The van der Waals surface area contributed by atoms with E-state index in [1.807, 2.05) is 6.92 Å². The van der Waals surface area contributed by atoms with Crippen LogP contribution in [0.3, 0.4) is 0 Å². The number of carbonyl (C=O) groups is 1. The number of hydrogen-bond donors (Lipinski definition) is 1. The van der Waals surface area contributed by atoms with E-state index in [4.69, 9.17) is 5.73 Å². The summed E-state index contributed by atoms with van der Waals surface area (Å²) in [6.07, 6.45) is 4.31. The van der Waals surface area contributed by atoms with Crippen molar-refractivity contribution in [2.24, 2.45) is 5.73 Å². The molecule has 1 heterocycles. The number of nitrogens with two attached hydrogens (primary N) is 1. The molecule has 0 spiro atoms. The predicted octanol–water partition coefficient (Wildman–Crippen LogP) is 1.37. The Bertz CT molecular complexity index is 385. The van der Waals surface area contributed by atoms with Crippen molar-refractivity contribution in [2.75, 3.05) is 0 Å². The van der Waals surface area contributed by atoms with Gasteiger partial charge in [-0.1, -0.05) is 0 Å². The Labute approximate surface area is 83.3 Å². The maximum Gasteiger partial charge on any atom is 0.164 e. The molecule has 0 atom stereocenters. The summed E-state index contributed by atoms with van der Waals surface area (Å²) in [7, 11) is 0. The molecule has 2 rings (SSSR count). The Balaban J connectivity index is 2.60. The molecule has 14 heavy (non-hydrogen) atoms. The first-order valence-corrected chi connectivity index (χ1v) is 4.94. The minimum absolute atomic E-state index is 0.228. The zero-order valence-corrected chi connectivity index (χ0v) is 8.34. The normalized spacial score (nSPS) is 15.4. The first-order chi connectivity index (χ1) is 6.74. The van der Waals surface area contributed by atoms with Crippen LogP contribution < -0.4 is 5.73 Å². The number of carbonyl (C=O) groups excluding carboxylic acids is 1. The van der Waals surface area contributed by atoms with Crippen molar-refractivity contribution in [3.05, 3.63) is 28.6 Å². The van der Waals surface area contributed by atoms with Gasteiger partial charge in [-0.15, -0.1) is 0 Å². The van der Waals surface area contributed by atoms with Crippen molar-refractivity contribution >= 4 is 5.78 Å². The fraction of sp³-hybridized carbons (Fsp3) is 0.455. The first-order valence-electron chi connectivity index (χ1n) is 4.94. The number of aryl methyl sites for hydroxylation is 1. The van der Waals surface area contributed by atoms with Crippen molar-refractivity contribution < 1.29 is 4.79 Å². The molecule has 0 unspecified atom stereocenters. The fourth-order valence-electron chi connectivity index (χ4n) is 2.00. The SMILES string of the molecule is Cc1c(CN)cnc2c1C(=O)CCC2. The third-order valence-electron chi connectivity index (χ3n) is 2.84. The second-order valence-electron chi connectivity index (χ2n) is 3.71. The molecule has 74 valence electrons. The number of fused-ring (bicyclic) bond motifs is 1. The average Bonchev–Trinajstić information content (AvgIpc) is 2.18. The maximum atomic E-state index is 11.7. The number of ketones is 1. The lowest BCUT2D eigenvalue weighted by atomic mass is 9.90. The van der Waals surface area contributed by atoms with Gasteiger partial charge in [0.2, 0.25) is 0 Å². The molecule has 0 aliphatic heterocycles. The van der Waals surface area contributed by atoms with Gasteiger partial charge >= 0.3 is 0 Å². The predicted molar refractivity (Wildman–Crippen MR) is 54.1 cm³/mol. The summed E-state index contributed by atoms with van der Waals surface area (Å²) < 4.78 is 0. The first kappa shape index (κ1) is 9.34. The molecular formula is C11H14N2O. The summed E-state index contributed by atoms with van der Waals surface area (Å²) >= 11 is 0. The Morgan fingerprint density at radius 1 is 1.50 bits per heavy atom. The number of hydrogen-bond acceptors (Lipinski definition) is 3. The summed E-state index contributed by atoms with van der Waals surface area (Å²) in [5.74, 6) is 0.228. The Morgan fingerprint density at radius 3 is 3.00 bits per heavy atom.